The van der Waals surface area contributed by atoms with Gasteiger partial charge in [-0.25, -0.2) is 4.98 Å². The summed E-state index contributed by atoms with van der Waals surface area (Å²) < 4.78 is 0. The summed E-state index contributed by atoms with van der Waals surface area (Å²) in [6, 6.07) is 0. The predicted molar refractivity (Wildman–Crippen MR) is 55.1 cm³/mol. The van der Waals surface area contributed by atoms with Gasteiger partial charge < -0.3 is 0 Å². The first-order valence-electron chi connectivity index (χ1n) is 5.20. The molecule has 2 heterocycles. The Morgan fingerprint density at radius 1 is 1.53 bits per heavy atom. The predicted octanol–water partition coefficient (Wildman–Crippen LogP) is -0.542. The zero-order valence-electron chi connectivity index (χ0n) is 9.08. The first-order chi connectivity index (χ1) is 8.22. The summed E-state index contributed by atoms with van der Waals surface area (Å²) in [5.41, 5.74) is 0. The van der Waals surface area contributed by atoms with Crippen molar-refractivity contribution in [3.05, 3.63) is 11.6 Å². The van der Waals surface area contributed by atoms with Crippen molar-refractivity contribution in [2.45, 2.75) is 18.8 Å². The van der Waals surface area contributed by atoms with Crippen molar-refractivity contribution in [1.29, 1.82) is 0 Å². The van der Waals surface area contributed by atoms with Crippen molar-refractivity contribution in [1.82, 2.24) is 35.4 Å². The number of hydrogen-bond acceptors (Lipinski definition) is 6. The van der Waals surface area contributed by atoms with Gasteiger partial charge in [0.15, 0.2) is 0 Å². The normalized spacial score (nSPS) is 14.9. The second kappa shape index (κ2) is 3.61. The summed E-state index contributed by atoms with van der Waals surface area (Å²) in [5.74, 6) is 0.983. The van der Waals surface area contributed by atoms with E-state index in [1.54, 1.807) is 7.05 Å². The molecule has 0 atom stereocenters. The number of carbonyl (C=O) groups excluding carboxylic acids is 1. The molecule has 1 fully saturated rings. The van der Waals surface area contributed by atoms with E-state index < -0.39 is 5.91 Å². The molecule has 0 bridgehead atoms. The number of aromatic amines is 1. The standard InChI is InChI=1S/C8H10N8O/c1-16-14-8(13-15-16)10-7(17)6-9-5(11-12-6)4-2-3-4/h4H,2-3H2,1H3,(H,9,11,12)(H,10,14,17). The number of carbonyl (C=O) groups is 1. The number of H-pyrrole nitrogens is 1. The Morgan fingerprint density at radius 2 is 2.35 bits per heavy atom. The van der Waals surface area contributed by atoms with Crippen molar-refractivity contribution >= 4 is 11.9 Å². The van der Waals surface area contributed by atoms with Crippen LogP contribution in [0, 0.1) is 0 Å². The lowest BCUT2D eigenvalue weighted by atomic mass is 10.4. The summed E-state index contributed by atoms with van der Waals surface area (Å²) in [5, 5.41) is 20.1. The van der Waals surface area contributed by atoms with Crippen LogP contribution in [0.2, 0.25) is 0 Å². The van der Waals surface area contributed by atoms with Crippen molar-refractivity contribution in [2.75, 3.05) is 5.32 Å². The quantitative estimate of drug-likeness (QED) is 0.737. The molecule has 1 amide bonds. The van der Waals surface area contributed by atoms with Crippen molar-refractivity contribution in [2.24, 2.45) is 7.05 Å². The Hall–Kier alpha value is -2.32. The molecular weight excluding hydrogens is 224 g/mol. The van der Waals surface area contributed by atoms with Gasteiger partial charge in [-0.2, -0.15) is 4.80 Å². The van der Waals surface area contributed by atoms with Gasteiger partial charge in [-0.1, -0.05) is 5.10 Å². The van der Waals surface area contributed by atoms with Crippen LogP contribution in [-0.2, 0) is 7.05 Å². The van der Waals surface area contributed by atoms with E-state index in [0.717, 1.165) is 18.7 Å². The highest BCUT2D eigenvalue weighted by atomic mass is 16.2. The van der Waals surface area contributed by atoms with Gasteiger partial charge in [0.2, 0.25) is 5.82 Å². The average Bonchev–Trinajstić information content (AvgIpc) is 2.88. The molecule has 1 saturated carbocycles. The van der Waals surface area contributed by atoms with Crippen molar-refractivity contribution in [3.63, 3.8) is 0 Å². The van der Waals surface area contributed by atoms with Crippen LogP contribution in [-0.4, -0.2) is 41.3 Å². The summed E-state index contributed by atoms with van der Waals surface area (Å²) in [6.45, 7) is 0. The van der Waals surface area contributed by atoms with Crippen LogP contribution in [0.3, 0.4) is 0 Å². The van der Waals surface area contributed by atoms with Gasteiger partial charge in [0.1, 0.15) is 5.82 Å². The highest BCUT2D eigenvalue weighted by Gasteiger charge is 2.28. The summed E-state index contributed by atoms with van der Waals surface area (Å²) >= 11 is 0. The molecule has 0 saturated heterocycles. The third kappa shape index (κ3) is 1.98. The van der Waals surface area contributed by atoms with E-state index >= 15 is 0 Å². The Labute approximate surface area is 95.6 Å². The van der Waals surface area contributed by atoms with Crippen molar-refractivity contribution < 1.29 is 4.79 Å². The minimum atomic E-state index is -0.443. The zero-order valence-corrected chi connectivity index (χ0v) is 9.08. The number of tetrazole rings is 1. The molecule has 1 aliphatic rings. The molecule has 9 heteroatoms. The minimum Gasteiger partial charge on any atom is -0.285 e. The molecule has 1 aliphatic carbocycles. The number of aryl methyl sites for hydroxylation is 1. The molecular formula is C8H10N8O. The maximum absolute atomic E-state index is 11.7. The molecule has 9 nitrogen and oxygen atoms in total. The van der Waals surface area contributed by atoms with E-state index in [1.807, 2.05) is 0 Å². The highest BCUT2D eigenvalue weighted by molar-refractivity contribution is 6.00. The van der Waals surface area contributed by atoms with Gasteiger partial charge in [0, 0.05) is 5.92 Å². The third-order valence-electron chi connectivity index (χ3n) is 2.40. The topological polar surface area (TPSA) is 114 Å². The van der Waals surface area contributed by atoms with Gasteiger partial charge in [0.05, 0.1) is 7.05 Å². The third-order valence-corrected chi connectivity index (χ3v) is 2.40. The van der Waals surface area contributed by atoms with Crippen LogP contribution in [0.25, 0.3) is 0 Å². The van der Waals surface area contributed by atoms with Crippen molar-refractivity contribution in [3.8, 4) is 0 Å². The average molecular weight is 234 g/mol. The number of amides is 1. The first-order valence-corrected chi connectivity index (χ1v) is 5.20. The van der Waals surface area contributed by atoms with Gasteiger partial charge in [-0.3, -0.25) is 15.2 Å². The maximum Gasteiger partial charge on any atom is 0.297 e. The van der Waals surface area contributed by atoms with Crippen LogP contribution in [0.5, 0.6) is 0 Å². The fourth-order valence-electron chi connectivity index (χ4n) is 1.41. The molecule has 0 spiro atoms. The van der Waals surface area contributed by atoms with Gasteiger partial charge >= 0.3 is 0 Å². The Balaban J connectivity index is 1.72. The lowest BCUT2D eigenvalue weighted by Gasteiger charge is -1.93. The minimum absolute atomic E-state index is 0.0966. The molecule has 17 heavy (non-hydrogen) atoms. The van der Waals surface area contributed by atoms with E-state index in [4.69, 9.17) is 0 Å². The largest absolute Gasteiger partial charge is 0.297 e. The number of nitrogens with zero attached hydrogens (tertiary/aromatic N) is 6. The van der Waals surface area contributed by atoms with Crippen LogP contribution in [0.4, 0.5) is 5.95 Å². The molecule has 0 aliphatic heterocycles. The fraction of sp³-hybridized carbons (Fsp3) is 0.500. The fourth-order valence-corrected chi connectivity index (χ4v) is 1.41. The smallest absolute Gasteiger partial charge is 0.285 e. The second-order valence-electron chi connectivity index (χ2n) is 3.88. The number of aromatic nitrogens is 7. The number of hydrogen-bond donors (Lipinski definition) is 2. The summed E-state index contributed by atoms with van der Waals surface area (Å²) in [6.07, 6.45) is 2.20. The van der Waals surface area contributed by atoms with Crippen LogP contribution in [0.15, 0.2) is 0 Å². The second-order valence-corrected chi connectivity index (χ2v) is 3.88. The molecule has 2 aromatic rings. The Morgan fingerprint density at radius 3 is 3.00 bits per heavy atom. The molecule has 3 rings (SSSR count). The number of anilines is 1. The van der Waals surface area contributed by atoms with E-state index in [9.17, 15) is 4.79 Å². The molecule has 0 radical (unpaired) electrons. The zero-order chi connectivity index (χ0) is 11.8. The maximum atomic E-state index is 11.7. The molecule has 88 valence electrons. The van der Waals surface area contributed by atoms with E-state index in [-0.39, 0.29) is 11.8 Å². The van der Waals surface area contributed by atoms with E-state index in [2.05, 4.69) is 35.9 Å². The van der Waals surface area contributed by atoms with E-state index in [1.165, 1.54) is 4.80 Å². The van der Waals surface area contributed by atoms with Gasteiger partial charge in [-0.05, 0) is 18.1 Å². The van der Waals surface area contributed by atoms with Crippen LogP contribution in [0.1, 0.15) is 35.2 Å². The SMILES string of the molecule is Cn1nnc(NC(=O)c2n[nH]c(C3CC3)n2)n1. The first kappa shape index (κ1) is 9.87. The molecule has 0 aromatic carbocycles. The van der Waals surface area contributed by atoms with E-state index in [0.29, 0.717) is 5.92 Å². The lowest BCUT2D eigenvalue weighted by Crippen LogP contribution is -2.15. The van der Waals surface area contributed by atoms with Crippen LogP contribution >= 0.6 is 0 Å². The van der Waals surface area contributed by atoms with Crippen LogP contribution < -0.4 is 5.32 Å². The lowest BCUT2D eigenvalue weighted by molar-refractivity contribution is 0.101. The Kier molecular flexibility index (Phi) is 2.10. The number of nitrogens with one attached hydrogen (secondary N) is 2. The molecule has 2 aromatic heterocycles. The summed E-state index contributed by atoms with van der Waals surface area (Å²) in [7, 11) is 1.61. The molecule has 2 N–H and O–H groups in total. The number of rotatable bonds is 3. The van der Waals surface area contributed by atoms with Gasteiger partial charge in [-0.15, -0.1) is 10.2 Å². The Bertz CT molecular complexity index is 553. The molecule has 0 unspecified atom stereocenters. The highest BCUT2D eigenvalue weighted by Crippen LogP contribution is 2.37. The monoisotopic (exact) mass is 234 g/mol. The summed E-state index contributed by atoms with van der Waals surface area (Å²) in [4.78, 5) is 17.1. The van der Waals surface area contributed by atoms with Gasteiger partial charge in [0.25, 0.3) is 11.9 Å².